The molecule has 0 aromatic carbocycles. The first-order valence-corrected chi connectivity index (χ1v) is 8.80. The summed E-state index contributed by atoms with van der Waals surface area (Å²) in [6.07, 6.45) is 8.40. The molecule has 2 saturated heterocycles. The molecule has 2 atom stereocenters. The molecular formula is C17H30N2O2. The maximum absolute atomic E-state index is 12.8. The van der Waals surface area contributed by atoms with Gasteiger partial charge in [0, 0.05) is 31.5 Å². The monoisotopic (exact) mass is 294 g/mol. The van der Waals surface area contributed by atoms with Gasteiger partial charge < -0.3 is 14.5 Å². The van der Waals surface area contributed by atoms with Crippen LogP contribution in [0.5, 0.6) is 0 Å². The molecule has 4 heteroatoms. The number of ether oxygens (including phenoxy) is 1. The van der Waals surface area contributed by atoms with Crippen LogP contribution in [0.4, 0.5) is 0 Å². The third-order valence-corrected chi connectivity index (χ3v) is 5.61. The molecule has 21 heavy (non-hydrogen) atoms. The van der Waals surface area contributed by atoms with Crippen molar-refractivity contribution in [3.63, 3.8) is 0 Å². The first-order valence-electron chi connectivity index (χ1n) is 8.80. The van der Waals surface area contributed by atoms with E-state index in [4.69, 9.17) is 4.74 Å². The Kier molecular flexibility index (Phi) is 5.17. The van der Waals surface area contributed by atoms with E-state index in [9.17, 15) is 4.79 Å². The summed E-state index contributed by atoms with van der Waals surface area (Å²) in [6.45, 7) is 4.51. The fourth-order valence-corrected chi connectivity index (χ4v) is 4.40. The molecular weight excluding hydrogens is 264 g/mol. The lowest BCUT2D eigenvalue weighted by atomic mass is 9.86. The van der Waals surface area contributed by atoms with Crippen molar-refractivity contribution in [3.8, 4) is 0 Å². The summed E-state index contributed by atoms with van der Waals surface area (Å²) in [6, 6.07) is 0.416. The van der Waals surface area contributed by atoms with Crippen LogP contribution in [0.3, 0.4) is 0 Å². The number of carbonyl (C=O) groups is 1. The van der Waals surface area contributed by atoms with Crippen molar-refractivity contribution < 1.29 is 9.53 Å². The maximum Gasteiger partial charge on any atom is 0.223 e. The molecule has 3 fully saturated rings. The number of fused-ring (bicyclic) bond motifs is 1. The number of hydrogen-bond acceptors (Lipinski definition) is 3. The molecule has 120 valence electrons. The summed E-state index contributed by atoms with van der Waals surface area (Å²) in [7, 11) is 2.18. The number of carbonyl (C=O) groups excluding carboxylic acids is 1. The van der Waals surface area contributed by atoms with Crippen molar-refractivity contribution in [2.75, 3.05) is 39.9 Å². The second-order valence-corrected chi connectivity index (χ2v) is 7.25. The summed E-state index contributed by atoms with van der Waals surface area (Å²) >= 11 is 0. The Morgan fingerprint density at radius 3 is 2.76 bits per heavy atom. The predicted molar refractivity (Wildman–Crippen MR) is 83.1 cm³/mol. The van der Waals surface area contributed by atoms with Gasteiger partial charge in [-0.3, -0.25) is 4.79 Å². The van der Waals surface area contributed by atoms with E-state index in [1.807, 2.05) is 0 Å². The minimum Gasteiger partial charge on any atom is -0.379 e. The highest BCUT2D eigenvalue weighted by atomic mass is 16.5. The largest absolute Gasteiger partial charge is 0.379 e. The predicted octanol–water partition coefficient (Wildman–Crippen LogP) is 2.14. The summed E-state index contributed by atoms with van der Waals surface area (Å²) in [5, 5.41) is 0. The van der Waals surface area contributed by atoms with Gasteiger partial charge in [-0.15, -0.1) is 0 Å². The minimum atomic E-state index is 0.395. The third-order valence-electron chi connectivity index (χ3n) is 5.61. The standard InChI is InChI=1S/C17H30N2O2/c1-18-8-7-16-15(12-18)13-21-10-9-19(16)17(20)11-14-5-3-2-4-6-14/h14-16H,2-13H2,1H3/t15-,16-/m1/s1. The number of rotatable bonds is 2. The van der Waals surface area contributed by atoms with Crippen LogP contribution in [0.15, 0.2) is 0 Å². The number of likely N-dealkylation sites (tertiary alicyclic amines) is 1. The van der Waals surface area contributed by atoms with E-state index in [2.05, 4.69) is 16.8 Å². The molecule has 3 rings (SSSR count). The van der Waals surface area contributed by atoms with E-state index < -0.39 is 0 Å². The number of hydrogen-bond donors (Lipinski definition) is 0. The zero-order valence-electron chi connectivity index (χ0n) is 13.4. The molecule has 0 spiro atoms. The molecule has 0 unspecified atom stereocenters. The van der Waals surface area contributed by atoms with Crippen LogP contribution in [0.25, 0.3) is 0 Å². The van der Waals surface area contributed by atoms with Gasteiger partial charge in [-0.2, -0.15) is 0 Å². The second-order valence-electron chi connectivity index (χ2n) is 7.25. The normalized spacial score (nSPS) is 32.5. The topological polar surface area (TPSA) is 32.8 Å². The van der Waals surface area contributed by atoms with E-state index in [-0.39, 0.29) is 0 Å². The summed E-state index contributed by atoms with van der Waals surface area (Å²) in [5.41, 5.74) is 0. The van der Waals surface area contributed by atoms with Gasteiger partial charge in [0.2, 0.25) is 5.91 Å². The van der Waals surface area contributed by atoms with Crippen molar-refractivity contribution in [3.05, 3.63) is 0 Å². The van der Waals surface area contributed by atoms with Crippen molar-refractivity contribution >= 4 is 5.91 Å². The van der Waals surface area contributed by atoms with Crippen LogP contribution >= 0.6 is 0 Å². The highest BCUT2D eigenvalue weighted by molar-refractivity contribution is 5.77. The molecule has 1 saturated carbocycles. The molecule has 1 amide bonds. The average Bonchev–Trinajstić information content (AvgIpc) is 2.70. The van der Waals surface area contributed by atoms with Crippen molar-refractivity contribution in [1.82, 2.24) is 9.80 Å². The smallest absolute Gasteiger partial charge is 0.223 e. The van der Waals surface area contributed by atoms with Crippen molar-refractivity contribution in [2.45, 2.75) is 51.0 Å². The van der Waals surface area contributed by atoms with Gasteiger partial charge in [-0.1, -0.05) is 19.3 Å². The fraction of sp³-hybridized carbons (Fsp3) is 0.941. The van der Waals surface area contributed by atoms with Gasteiger partial charge in [0.1, 0.15) is 0 Å². The average molecular weight is 294 g/mol. The molecule has 0 aromatic heterocycles. The minimum absolute atomic E-state index is 0.395. The Bertz CT molecular complexity index is 355. The van der Waals surface area contributed by atoms with E-state index in [1.54, 1.807) is 0 Å². The number of nitrogens with zero attached hydrogens (tertiary/aromatic N) is 2. The molecule has 2 heterocycles. The Hall–Kier alpha value is -0.610. The van der Waals surface area contributed by atoms with Crippen LogP contribution in [-0.2, 0) is 9.53 Å². The van der Waals surface area contributed by atoms with Gasteiger partial charge in [0.15, 0.2) is 0 Å². The maximum atomic E-state index is 12.8. The molecule has 0 aromatic rings. The fourth-order valence-electron chi connectivity index (χ4n) is 4.40. The summed E-state index contributed by atoms with van der Waals surface area (Å²) < 4.78 is 5.76. The van der Waals surface area contributed by atoms with Gasteiger partial charge in [-0.25, -0.2) is 0 Å². The molecule has 0 N–H and O–H groups in total. The Morgan fingerprint density at radius 2 is 1.95 bits per heavy atom. The summed E-state index contributed by atoms with van der Waals surface area (Å²) in [4.78, 5) is 17.4. The lowest BCUT2D eigenvalue weighted by Crippen LogP contribution is -2.52. The molecule has 4 nitrogen and oxygen atoms in total. The van der Waals surface area contributed by atoms with Crippen molar-refractivity contribution in [1.29, 1.82) is 0 Å². The highest BCUT2D eigenvalue weighted by Crippen LogP contribution is 2.29. The van der Waals surface area contributed by atoms with Gasteiger partial charge in [-0.05, 0) is 38.8 Å². The molecule has 0 bridgehead atoms. The Morgan fingerprint density at radius 1 is 1.14 bits per heavy atom. The van der Waals surface area contributed by atoms with E-state index in [1.165, 1.54) is 32.1 Å². The van der Waals surface area contributed by atoms with Crippen LogP contribution in [0.2, 0.25) is 0 Å². The first kappa shape index (κ1) is 15.3. The molecule has 1 aliphatic carbocycles. The van der Waals surface area contributed by atoms with E-state index in [0.29, 0.717) is 30.4 Å². The highest BCUT2D eigenvalue weighted by Gasteiger charge is 2.36. The lowest BCUT2D eigenvalue weighted by Gasteiger charge is -2.41. The first-order chi connectivity index (χ1) is 10.2. The number of amides is 1. The molecule has 3 aliphatic rings. The van der Waals surface area contributed by atoms with Crippen LogP contribution in [0.1, 0.15) is 44.9 Å². The van der Waals surface area contributed by atoms with Crippen LogP contribution < -0.4 is 0 Å². The molecule has 2 aliphatic heterocycles. The quantitative estimate of drug-likeness (QED) is 0.782. The van der Waals surface area contributed by atoms with E-state index >= 15 is 0 Å². The van der Waals surface area contributed by atoms with Crippen LogP contribution in [0, 0.1) is 11.8 Å². The number of piperidine rings is 1. The van der Waals surface area contributed by atoms with Gasteiger partial charge in [0.25, 0.3) is 0 Å². The zero-order chi connectivity index (χ0) is 14.7. The zero-order valence-corrected chi connectivity index (χ0v) is 13.4. The Balaban J connectivity index is 1.62. The third kappa shape index (κ3) is 3.78. The lowest BCUT2D eigenvalue weighted by molar-refractivity contribution is -0.136. The Labute approximate surface area is 128 Å². The SMILES string of the molecule is CN1CC[C@@H]2[C@@H](COCCN2C(=O)CC2CCCCC2)C1. The van der Waals surface area contributed by atoms with E-state index in [0.717, 1.165) is 39.1 Å². The summed E-state index contributed by atoms with van der Waals surface area (Å²) in [5.74, 6) is 1.54. The molecule has 0 radical (unpaired) electrons. The van der Waals surface area contributed by atoms with Gasteiger partial charge in [0.05, 0.1) is 13.2 Å². The van der Waals surface area contributed by atoms with Gasteiger partial charge >= 0.3 is 0 Å². The second kappa shape index (κ2) is 7.10. The van der Waals surface area contributed by atoms with Crippen LogP contribution in [-0.4, -0.2) is 61.6 Å². The van der Waals surface area contributed by atoms with Crippen molar-refractivity contribution in [2.24, 2.45) is 11.8 Å².